The van der Waals surface area contributed by atoms with Crippen molar-refractivity contribution in [3.63, 3.8) is 0 Å². The highest BCUT2D eigenvalue weighted by Crippen LogP contribution is 2.42. The third-order valence-corrected chi connectivity index (χ3v) is 11.7. The molecule has 1 saturated heterocycles. The van der Waals surface area contributed by atoms with Gasteiger partial charge in [-0.05, 0) is 111 Å². The number of aromatic hydroxyl groups is 1. The van der Waals surface area contributed by atoms with Gasteiger partial charge >= 0.3 is 6.09 Å². The number of phenols is 1. The van der Waals surface area contributed by atoms with Crippen molar-refractivity contribution < 1.29 is 38.5 Å². The Morgan fingerprint density at radius 3 is 2.51 bits per heavy atom. The zero-order valence-electron chi connectivity index (χ0n) is 36.8. The van der Waals surface area contributed by atoms with Gasteiger partial charge in [0.15, 0.2) is 0 Å². The molecule has 2 aliphatic rings. The van der Waals surface area contributed by atoms with E-state index in [1.807, 2.05) is 39.0 Å². The van der Waals surface area contributed by atoms with Crippen LogP contribution >= 0.6 is 0 Å². The predicted molar refractivity (Wildman–Crippen MR) is 233 cm³/mol. The number of fused-ring (bicyclic) bond motifs is 1. The Kier molecular flexibility index (Phi) is 14.4. The average Bonchev–Trinajstić information content (AvgIpc) is 4.01. The van der Waals surface area contributed by atoms with Crippen molar-refractivity contribution in [2.75, 3.05) is 33.9 Å². The minimum absolute atomic E-state index is 0.0107. The zero-order valence-corrected chi connectivity index (χ0v) is 36.8. The van der Waals surface area contributed by atoms with Crippen LogP contribution in [0.4, 0.5) is 4.79 Å². The SMILES string of the molecule is CCn1c(-c2cccnc2C(C)OC)c(CC(C)(C)COC=O)c2cc(-c3cc(O)cc(CC(NC(=O)C(C(C)C)N(C)C(=O)OC4CC4)C(=O)N4CCCCN4)c3)ccc21. The van der Waals surface area contributed by atoms with Gasteiger partial charge in [-0.2, -0.15) is 0 Å². The summed E-state index contributed by atoms with van der Waals surface area (Å²) in [5, 5.41) is 16.8. The second-order valence-corrected chi connectivity index (χ2v) is 17.5. The first kappa shape index (κ1) is 45.1. The van der Waals surface area contributed by atoms with E-state index in [2.05, 4.69) is 54.3 Å². The molecule has 1 saturated carbocycles. The van der Waals surface area contributed by atoms with Crippen LogP contribution in [-0.4, -0.2) is 101 Å². The topological polar surface area (TPSA) is 165 Å². The van der Waals surface area contributed by atoms with E-state index < -0.39 is 29.5 Å². The molecular weight excluding hydrogens is 777 g/mol. The largest absolute Gasteiger partial charge is 0.508 e. The normalized spacial score (nSPS) is 15.9. The van der Waals surface area contributed by atoms with E-state index in [0.29, 0.717) is 38.1 Å². The lowest BCUT2D eigenvalue weighted by Crippen LogP contribution is -2.59. The van der Waals surface area contributed by atoms with Crippen LogP contribution < -0.4 is 10.7 Å². The molecule has 3 N–H and O–H groups in total. The van der Waals surface area contributed by atoms with Crippen molar-refractivity contribution >= 4 is 35.3 Å². The van der Waals surface area contributed by atoms with Gasteiger partial charge in [0.25, 0.3) is 12.4 Å². The number of benzene rings is 2. The van der Waals surface area contributed by atoms with Gasteiger partial charge in [-0.25, -0.2) is 10.2 Å². The first-order chi connectivity index (χ1) is 29.2. The predicted octanol–water partition coefficient (Wildman–Crippen LogP) is 6.95. The molecular formula is C47H62N6O8. The Bertz CT molecular complexity index is 2210. The van der Waals surface area contributed by atoms with E-state index >= 15 is 0 Å². The number of nitrogens with zero attached hydrogens (tertiary/aromatic N) is 4. The van der Waals surface area contributed by atoms with E-state index in [9.17, 15) is 24.3 Å². The van der Waals surface area contributed by atoms with Crippen LogP contribution in [0, 0.1) is 11.3 Å². The number of methoxy groups -OCH3 is 1. The van der Waals surface area contributed by atoms with Gasteiger partial charge in [0.2, 0.25) is 5.91 Å². The number of hydrazine groups is 1. The molecule has 328 valence electrons. The molecule has 3 heterocycles. The summed E-state index contributed by atoms with van der Waals surface area (Å²) in [4.78, 5) is 58.6. The number of ether oxygens (including phenoxy) is 3. The molecule has 61 heavy (non-hydrogen) atoms. The quantitative estimate of drug-likeness (QED) is 0.0894. The summed E-state index contributed by atoms with van der Waals surface area (Å²) < 4.78 is 18.9. The summed E-state index contributed by atoms with van der Waals surface area (Å²) in [5.41, 5.74) is 9.78. The Hall–Kier alpha value is -5.47. The molecule has 0 radical (unpaired) electrons. The molecule has 3 amide bonds. The highest BCUT2D eigenvalue weighted by atomic mass is 16.6. The number of amides is 3. The number of nitrogens with one attached hydrogen (secondary N) is 2. The molecule has 2 fully saturated rings. The van der Waals surface area contributed by atoms with Crippen LogP contribution in [0.15, 0.2) is 54.7 Å². The zero-order chi connectivity index (χ0) is 44.0. The van der Waals surface area contributed by atoms with Gasteiger partial charge in [-0.3, -0.25) is 29.3 Å². The van der Waals surface area contributed by atoms with Crippen molar-refractivity contribution in [2.24, 2.45) is 11.3 Å². The maximum Gasteiger partial charge on any atom is 0.410 e. The van der Waals surface area contributed by atoms with E-state index in [0.717, 1.165) is 70.2 Å². The van der Waals surface area contributed by atoms with Crippen LogP contribution in [-0.2, 0) is 48.0 Å². The Labute approximate surface area is 358 Å². The van der Waals surface area contributed by atoms with Crippen molar-refractivity contribution in [3.8, 4) is 28.1 Å². The molecule has 3 atom stereocenters. The van der Waals surface area contributed by atoms with E-state index in [-0.39, 0.29) is 42.8 Å². The summed E-state index contributed by atoms with van der Waals surface area (Å²) in [5.74, 6) is -1.03. The number of likely N-dealkylation sites (N-methyl/N-ethyl adjacent to an activating group) is 1. The van der Waals surface area contributed by atoms with Crippen LogP contribution in [0.5, 0.6) is 5.75 Å². The van der Waals surface area contributed by atoms with Gasteiger partial charge in [0.05, 0.1) is 24.1 Å². The summed E-state index contributed by atoms with van der Waals surface area (Å²) in [6, 6.07) is 13.6. The van der Waals surface area contributed by atoms with Crippen molar-refractivity contribution in [1.82, 2.24) is 30.2 Å². The summed E-state index contributed by atoms with van der Waals surface area (Å²) in [6.07, 6.45) is 4.82. The van der Waals surface area contributed by atoms with Crippen LogP contribution in [0.1, 0.15) is 90.2 Å². The van der Waals surface area contributed by atoms with Gasteiger partial charge < -0.3 is 29.2 Å². The molecule has 0 bridgehead atoms. The number of aryl methyl sites for hydroxylation is 1. The smallest absolute Gasteiger partial charge is 0.410 e. The summed E-state index contributed by atoms with van der Waals surface area (Å²) in [7, 11) is 3.22. The van der Waals surface area contributed by atoms with Crippen molar-refractivity contribution in [2.45, 2.75) is 111 Å². The molecule has 2 aromatic heterocycles. The first-order valence-corrected chi connectivity index (χ1v) is 21.5. The van der Waals surface area contributed by atoms with Crippen molar-refractivity contribution in [1.29, 1.82) is 0 Å². The second kappa shape index (κ2) is 19.5. The summed E-state index contributed by atoms with van der Waals surface area (Å²) >= 11 is 0. The third kappa shape index (κ3) is 10.5. The fourth-order valence-electron chi connectivity index (χ4n) is 8.43. The molecule has 14 heteroatoms. The minimum atomic E-state index is -1.00. The molecule has 14 nitrogen and oxygen atoms in total. The lowest BCUT2D eigenvalue weighted by atomic mass is 9.84. The number of hydrogen-bond acceptors (Lipinski definition) is 10. The molecule has 2 aromatic carbocycles. The number of carbonyl (C=O) groups is 4. The van der Waals surface area contributed by atoms with E-state index in [1.54, 1.807) is 37.5 Å². The summed E-state index contributed by atoms with van der Waals surface area (Å²) in [6.45, 7) is 14.4. The van der Waals surface area contributed by atoms with E-state index in [1.165, 1.54) is 4.90 Å². The first-order valence-electron chi connectivity index (χ1n) is 21.5. The van der Waals surface area contributed by atoms with E-state index in [4.69, 9.17) is 19.2 Å². The van der Waals surface area contributed by atoms with Crippen LogP contribution in [0.3, 0.4) is 0 Å². The molecule has 1 aliphatic heterocycles. The minimum Gasteiger partial charge on any atom is -0.508 e. The monoisotopic (exact) mass is 838 g/mol. The van der Waals surface area contributed by atoms with Crippen LogP contribution in [0.2, 0.25) is 0 Å². The maximum atomic E-state index is 14.2. The Balaban J connectivity index is 1.40. The fraction of sp³-hybridized carbons (Fsp3) is 0.511. The average molecular weight is 839 g/mol. The van der Waals surface area contributed by atoms with Gasteiger partial charge in [0, 0.05) is 68.3 Å². The number of rotatable bonds is 18. The maximum absolute atomic E-state index is 14.2. The molecule has 3 unspecified atom stereocenters. The third-order valence-electron chi connectivity index (χ3n) is 11.7. The number of pyridine rings is 1. The number of hydrogen-bond donors (Lipinski definition) is 3. The second-order valence-electron chi connectivity index (χ2n) is 17.5. The molecule has 0 spiro atoms. The van der Waals surface area contributed by atoms with Gasteiger partial charge in [-0.1, -0.05) is 39.8 Å². The highest BCUT2D eigenvalue weighted by Gasteiger charge is 2.37. The standard InChI is InChI=1S/C47H62N6O8/c1-9-52-40-17-14-32(25-37(40)38(26-47(5,6)27-60-28-54)43(52)36-13-12-18-48-41(36)30(4)59-8)33-21-31(22-34(55)24-33)23-39(45(57)53-20-11-10-19-49-53)50-44(56)42(29(2)3)51(7)46(58)61-35-15-16-35/h12-14,17-18,21-22,24-25,28-30,35,39,42,49,55H,9-11,15-16,19-20,23,26-27H2,1-8H3,(H,50,56). The number of carbonyl (C=O) groups excluding carboxylic acids is 4. The Morgan fingerprint density at radius 1 is 1.08 bits per heavy atom. The number of aromatic nitrogens is 2. The van der Waals surface area contributed by atoms with Gasteiger partial charge in [-0.15, -0.1) is 0 Å². The van der Waals surface area contributed by atoms with Crippen LogP contribution in [0.25, 0.3) is 33.3 Å². The lowest BCUT2D eigenvalue weighted by Gasteiger charge is -2.34. The Morgan fingerprint density at radius 2 is 1.85 bits per heavy atom. The molecule has 4 aromatic rings. The molecule has 1 aliphatic carbocycles. The highest BCUT2D eigenvalue weighted by molar-refractivity contribution is 5.96. The van der Waals surface area contributed by atoms with Crippen molar-refractivity contribution in [3.05, 3.63) is 71.5 Å². The lowest BCUT2D eigenvalue weighted by molar-refractivity contribution is -0.141. The van der Waals surface area contributed by atoms with Gasteiger partial charge in [0.1, 0.15) is 23.9 Å². The fourth-order valence-corrected chi connectivity index (χ4v) is 8.43. The number of phenolic OH excluding ortho intramolecular Hbond substituents is 1. The molecule has 6 rings (SSSR count).